The van der Waals surface area contributed by atoms with Gasteiger partial charge in [-0.15, -0.1) is 10.1 Å². The standard InChI is InChI=1S/C12H21N.HNO3/c1-10-3-9-4-11(2,6-10)8-12(13,5-9)7-10;2-1(3)4/h9H,3-8,13H2,1-2H3;(H,2,3,4)/t9?,10-,11?,12?;/m0./s1. The van der Waals surface area contributed by atoms with E-state index >= 15 is 0 Å². The number of rotatable bonds is 0. The molecule has 5 nitrogen and oxygen atoms in total. The lowest BCUT2D eigenvalue weighted by Gasteiger charge is -2.64. The van der Waals surface area contributed by atoms with Crippen LogP contribution in [0.15, 0.2) is 0 Å². The molecule has 17 heavy (non-hydrogen) atoms. The van der Waals surface area contributed by atoms with Crippen molar-refractivity contribution in [3.05, 3.63) is 10.1 Å². The Labute approximate surface area is 101 Å². The monoisotopic (exact) mass is 242 g/mol. The van der Waals surface area contributed by atoms with E-state index in [9.17, 15) is 0 Å². The molecule has 4 rings (SSSR count). The molecule has 0 amide bonds. The van der Waals surface area contributed by atoms with Crippen LogP contribution >= 0.6 is 0 Å². The maximum atomic E-state index is 8.36. The fraction of sp³-hybridized carbons (Fsp3) is 1.00. The van der Waals surface area contributed by atoms with Crippen LogP contribution in [0.1, 0.15) is 52.4 Å². The minimum atomic E-state index is -1.50. The summed E-state index contributed by atoms with van der Waals surface area (Å²) in [6.45, 7) is 4.94. The molecule has 4 saturated carbocycles. The molecule has 3 unspecified atom stereocenters. The normalized spacial score (nSPS) is 50.6. The van der Waals surface area contributed by atoms with Crippen LogP contribution in [0.25, 0.3) is 0 Å². The van der Waals surface area contributed by atoms with Crippen LogP contribution in [0, 0.1) is 26.9 Å². The van der Waals surface area contributed by atoms with E-state index in [0.29, 0.717) is 10.8 Å². The van der Waals surface area contributed by atoms with Crippen molar-refractivity contribution in [2.45, 2.75) is 57.9 Å². The van der Waals surface area contributed by atoms with Gasteiger partial charge in [0.1, 0.15) is 0 Å². The van der Waals surface area contributed by atoms with E-state index in [1.165, 1.54) is 38.5 Å². The first-order chi connectivity index (χ1) is 7.64. The zero-order valence-corrected chi connectivity index (χ0v) is 10.6. The predicted octanol–water partition coefficient (Wildman–Crippen LogP) is 2.35. The van der Waals surface area contributed by atoms with Gasteiger partial charge < -0.3 is 10.9 Å². The van der Waals surface area contributed by atoms with E-state index in [4.69, 9.17) is 21.1 Å². The molecule has 0 aromatic carbocycles. The van der Waals surface area contributed by atoms with Crippen LogP contribution in [-0.2, 0) is 0 Å². The Balaban J connectivity index is 0.000000239. The van der Waals surface area contributed by atoms with Crippen LogP contribution in [0.3, 0.4) is 0 Å². The molecule has 0 saturated heterocycles. The summed E-state index contributed by atoms with van der Waals surface area (Å²) in [5.74, 6) is 0.955. The van der Waals surface area contributed by atoms with E-state index in [-0.39, 0.29) is 5.54 Å². The van der Waals surface area contributed by atoms with Crippen LogP contribution in [0.5, 0.6) is 0 Å². The Morgan fingerprint density at radius 1 is 1.18 bits per heavy atom. The molecule has 4 aliphatic carbocycles. The van der Waals surface area contributed by atoms with Crippen LogP contribution in [0.4, 0.5) is 0 Å². The second-order valence-corrected chi connectivity index (χ2v) is 7.23. The molecule has 0 spiro atoms. The summed E-state index contributed by atoms with van der Waals surface area (Å²) in [7, 11) is 0. The molecule has 0 aromatic heterocycles. The smallest absolute Gasteiger partial charge is 0.291 e. The van der Waals surface area contributed by atoms with Crippen molar-refractivity contribution >= 4 is 0 Å². The van der Waals surface area contributed by atoms with Gasteiger partial charge in [0, 0.05) is 5.54 Å². The molecule has 3 N–H and O–H groups in total. The van der Waals surface area contributed by atoms with Crippen molar-refractivity contribution in [2.24, 2.45) is 22.5 Å². The van der Waals surface area contributed by atoms with Gasteiger partial charge in [-0.25, -0.2) is 0 Å². The highest BCUT2D eigenvalue weighted by molar-refractivity contribution is 5.12. The van der Waals surface area contributed by atoms with Crippen LogP contribution in [-0.4, -0.2) is 15.8 Å². The molecule has 4 aliphatic rings. The fourth-order valence-electron chi connectivity index (χ4n) is 5.54. The molecule has 5 heteroatoms. The van der Waals surface area contributed by atoms with E-state index in [2.05, 4.69) is 13.8 Å². The minimum absolute atomic E-state index is 0.225. The molecule has 4 atom stereocenters. The molecule has 4 bridgehead atoms. The molecular weight excluding hydrogens is 220 g/mol. The Morgan fingerprint density at radius 2 is 1.59 bits per heavy atom. The topological polar surface area (TPSA) is 89.4 Å². The molecule has 98 valence electrons. The van der Waals surface area contributed by atoms with Gasteiger partial charge in [-0.2, -0.15) is 0 Å². The van der Waals surface area contributed by atoms with E-state index in [1.54, 1.807) is 0 Å². The Kier molecular flexibility index (Phi) is 2.65. The van der Waals surface area contributed by atoms with E-state index in [1.807, 2.05) is 0 Å². The summed E-state index contributed by atoms with van der Waals surface area (Å²) >= 11 is 0. The quantitative estimate of drug-likeness (QED) is 0.504. The average molecular weight is 242 g/mol. The first-order valence-corrected chi connectivity index (χ1v) is 6.26. The summed E-state index contributed by atoms with van der Waals surface area (Å²) in [6, 6.07) is 0. The zero-order chi connectivity index (χ0) is 12.9. The Hall–Kier alpha value is -0.840. The van der Waals surface area contributed by atoms with Gasteiger partial charge in [-0.05, 0) is 55.3 Å². The van der Waals surface area contributed by atoms with Gasteiger partial charge in [-0.3, -0.25) is 0 Å². The van der Waals surface area contributed by atoms with Gasteiger partial charge in [0.25, 0.3) is 5.09 Å². The zero-order valence-electron chi connectivity index (χ0n) is 10.6. The lowest BCUT2D eigenvalue weighted by atomic mass is 9.43. The summed E-state index contributed by atoms with van der Waals surface area (Å²) in [6.07, 6.45) is 8.27. The first-order valence-electron chi connectivity index (χ1n) is 6.26. The maximum Gasteiger partial charge on any atom is 0.291 e. The molecular formula is C12H22N2O3. The maximum absolute atomic E-state index is 8.36. The van der Waals surface area contributed by atoms with Gasteiger partial charge in [0.15, 0.2) is 0 Å². The highest BCUT2D eigenvalue weighted by Gasteiger charge is 2.58. The Morgan fingerprint density at radius 3 is 1.88 bits per heavy atom. The highest BCUT2D eigenvalue weighted by Crippen LogP contribution is 2.65. The highest BCUT2D eigenvalue weighted by atomic mass is 16.9. The second kappa shape index (κ2) is 3.57. The van der Waals surface area contributed by atoms with Crippen molar-refractivity contribution in [3.63, 3.8) is 0 Å². The van der Waals surface area contributed by atoms with Crippen LogP contribution < -0.4 is 5.73 Å². The van der Waals surface area contributed by atoms with E-state index < -0.39 is 5.09 Å². The first kappa shape index (κ1) is 12.6. The third-order valence-electron chi connectivity index (χ3n) is 4.67. The van der Waals surface area contributed by atoms with Crippen molar-refractivity contribution in [3.8, 4) is 0 Å². The number of nitrogens with zero attached hydrogens (tertiary/aromatic N) is 1. The van der Waals surface area contributed by atoms with Crippen molar-refractivity contribution in [2.75, 3.05) is 0 Å². The lowest BCUT2D eigenvalue weighted by Crippen LogP contribution is -2.62. The van der Waals surface area contributed by atoms with Crippen molar-refractivity contribution in [1.82, 2.24) is 0 Å². The number of nitrogens with two attached hydrogens (primary N) is 1. The fourth-order valence-corrected chi connectivity index (χ4v) is 5.54. The average Bonchev–Trinajstić information content (AvgIpc) is 1.90. The van der Waals surface area contributed by atoms with Gasteiger partial charge in [-0.1, -0.05) is 13.8 Å². The lowest BCUT2D eigenvalue weighted by molar-refractivity contribution is -0.742. The SMILES string of the molecule is CC12CC3CC(N)(C1)C[C@@](C)(C3)C2.O=[N+]([O-])O. The van der Waals surface area contributed by atoms with Crippen molar-refractivity contribution in [1.29, 1.82) is 0 Å². The molecule has 4 fully saturated rings. The molecule has 0 heterocycles. The van der Waals surface area contributed by atoms with Gasteiger partial charge >= 0.3 is 0 Å². The van der Waals surface area contributed by atoms with Crippen molar-refractivity contribution < 1.29 is 10.3 Å². The third kappa shape index (κ3) is 2.54. The summed E-state index contributed by atoms with van der Waals surface area (Å²) in [5.41, 5.74) is 7.92. The van der Waals surface area contributed by atoms with Crippen LogP contribution in [0.2, 0.25) is 0 Å². The molecule has 0 aliphatic heterocycles. The van der Waals surface area contributed by atoms with Gasteiger partial charge in [0.05, 0.1) is 0 Å². The summed E-state index contributed by atoms with van der Waals surface area (Å²) < 4.78 is 0. The largest absolute Gasteiger partial charge is 0.328 e. The molecule has 0 aromatic rings. The van der Waals surface area contributed by atoms with E-state index in [0.717, 1.165) is 5.92 Å². The third-order valence-corrected chi connectivity index (χ3v) is 4.67. The summed E-state index contributed by atoms with van der Waals surface area (Å²) in [5, 5.41) is 13.6. The minimum Gasteiger partial charge on any atom is -0.328 e. The number of hydrogen-bond acceptors (Lipinski definition) is 3. The number of hydrogen-bond donors (Lipinski definition) is 2. The van der Waals surface area contributed by atoms with Gasteiger partial charge in [0.2, 0.25) is 0 Å². The summed E-state index contributed by atoms with van der Waals surface area (Å²) in [4.78, 5) is 8.36. The predicted molar refractivity (Wildman–Crippen MR) is 63.1 cm³/mol. The Bertz CT molecular complexity index is 290. The molecule has 0 radical (unpaired) electrons. The second-order valence-electron chi connectivity index (χ2n) is 7.23.